The van der Waals surface area contributed by atoms with E-state index in [0.29, 0.717) is 23.1 Å². The highest BCUT2D eigenvalue weighted by Gasteiger charge is 2.08. The molecule has 0 fully saturated rings. The molecule has 3 aromatic rings. The molecule has 3 rings (SSSR count). The minimum Gasteiger partial charge on any atom is -0.380 e. The predicted molar refractivity (Wildman–Crippen MR) is 94.6 cm³/mol. The molecule has 0 aliphatic heterocycles. The quantitative estimate of drug-likeness (QED) is 0.652. The molecule has 4 heteroatoms. The molecule has 0 bridgehead atoms. The van der Waals surface area contributed by atoms with Crippen molar-refractivity contribution in [2.75, 3.05) is 5.32 Å². The zero-order valence-electron chi connectivity index (χ0n) is 11.8. The average Bonchev–Trinajstić information content (AvgIpc) is 2.85. The average molecular weight is 329 g/mol. The Bertz CT molecular complexity index is 859. The third kappa shape index (κ3) is 2.92. The van der Waals surface area contributed by atoms with E-state index >= 15 is 0 Å². The van der Waals surface area contributed by atoms with Crippen LogP contribution in [-0.4, -0.2) is 4.57 Å². The van der Waals surface area contributed by atoms with Crippen molar-refractivity contribution in [3.8, 4) is 12.3 Å². The van der Waals surface area contributed by atoms with Crippen molar-refractivity contribution in [1.82, 2.24) is 4.57 Å². The summed E-state index contributed by atoms with van der Waals surface area (Å²) < 4.78 is 2.08. The first-order valence-electron chi connectivity index (χ1n) is 6.88. The number of hydrogen-bond donors (Lipinski definition) is 1. The van der Waals surface area contributed by atoms with Gasteiger partial charge < -0.3 is 9.88 Å². The van der Waals surface area contributed by atoms with Crippen LogP contribution in [0, 0.1) is 12.3 Å². The van der Waals surface area contributed by atoms with Gasteiger partial charge in [-0.25, -0.2) is 0 Å². The molecule has 0 spiro atoms. The van der Waals surface area contributed by atoms with Crippen molar-refractivity contribution in [3.63, 3.8) is 0 Å². The van der Waals surface area contributed by atoms with Crippen molar-refractivity contribution in [2.45, 2.75) is 13.1 Å². The Hall–Kier alpha value is -2.08. The first-order chi connectivity index (χ1) is 10.7. The van der Waals surface area contributed by atoms with E-state index in [4.69, 9.17) is 29.6 Å². The van der Waals surface area contributed by atoms with Crippen LogP contribution in [0.15, 0.2) is 48.7 Å². The van der Waals surface area contributed by atoms with Gasteiger partial charge in [0.05, 0.1) is 17.3 Å². The summed E-state index contributed by atoms with van der Waals surface area (Å²) in [7, 11) is 0. The smallest absolute Gasteiger partial charge is 0.0835 e. The number of anilines is 1. The number of nitrogens with zero attached hydrogens (tertiary/aromatic N) is 1. The molecular weight excluding hydrogens is 315 g/mol. The molecule has 2 nitrogen and oxygen atoms in total. The van der Waals surface area contributed by atoms with Gasteiger partial charge in [0.25, 0.3) is 0 Å². The van der Waals surface area contributed by atoms with E-state index in [9.17, 15) is 0 Å². The molecule has 0 saturated carbocycles. The second kappa shape index (κ2) is 6.36. The molecule has 0 amide bonds. The molecule has 2 aromatic carbocycles. The second-order valence-corrected chi connectivity index (χ2v) is 5.82. The molecule has 0 saturated heterocycles. The van der Waals surface area contributed by atoms with Crippen LogP contribution in [0.5, 0.6) is 0 Å². The minimum absolute atomic E-state index is 0.558. The minimum atomic E-state index is 0.558. The van der Waals surface area contributed by atoms with Gasteiger partial charge in [0, 0.05) is 28.7 Å². The first-order valence-corrected chi connectivity index (χ1v) is 7.64. The van der Waals surface area contributed by atoms with Crippen LogP contribution in [0.2, 0.25) is 10.0 Å². The summed E-state index contributed by atoms with van der Waals surface area (Å²) in [5.41, 5.74) is 3.18. The lowest BCUT2D eigenvalue weighted by Gasteiger charge is -2.08. The fourth-order valence-electron chi connectivity index (χ4n) is 2.52. The lowest BCUT2D eigenvalue weighted by Crippen LogP contribution is -1.99. The Morgan fingerprint density at radius 1 is 1.14 bits per heavy atom. The highest BCUT2D eigenvalue weighted by molar-refractivity contribution is 6.36. The largest absolute Gasteiger partial charge is 0.380 e. The van der Waals surface area contributed by atoms with Crippen molar-refractivity contribution >= 4 is 39.8 Å². The maximum Gasteiger partial charge on any atom is 0.0835 e. The van der Waals surface area contributed by atoms with E-state index in [2.05, 4.69) is 34.1 Å². The SMILES string of the molecule is C#CCn1cc(CNc2ccc(Cl)cc2Cl)c2ccccc21. The molecule has 1 heterocycles. The van der Waals surface area contributed by atoms with Crippen molar-refractivity contribution in [3.05, 3.63) is 64.3 Å². The van der Waals surface area contributed by atoms with E-state index in [0.717, 1.165) is 11.2 Å². The summed E-state index contributed by atoms with van der Waals surface area (Å²) in [6, 6.07) is 13.6. The number of hydrogen-bond acceptors (Lipinski definition) is 1. The van der Waals surface area contributed by atoms with Gasteiger partial charge in [0.2, 0.25) is 0 Å². The third-order valence-corrected chi connectivity index (χ3v) is 4.08. The van der Waals surface area contributed by atoms with Gasteiger partial charge in [-0.15, -0.1) is 6.42 Å². The van der Waals surface area contributed by atoms with Crippen LogP contribution >= 0.6 is 23.2 Å². The summed E-state index contributed by atoms with van der Waals surface area (Å²) >= 11 is 12.1. The molecule has 0 aliphatic rings. The number of terminal acetylenes is 1. The van der Waals surface area contributed by atoms with E-state index in [-0.39, 0.29) is 0 Å². The zero-order valence-corrected chi connectivity index (χ0v) is 13.3. The van der Waals surface area contributed by atoms with E-state index in [1.54, 1.807) is 6.07 Å². The van der Waals surface area contributed by atoms with Crippen molar-refractivity contribution in [2.24, 2.45) is 0 Å². The standard InChI is InChI=1S/C18H14Cl2N2/c1-2-9-22-12-13(15-5-3-4-6-18(15)22)11-21-17-8-7-14(19)10-16(17)20/h1,3-8,10,12,21H,9,11H2. The third-order valence-electron chi connectivity index (χ3n) is 3.53. The molecule has 0 unspecified atom stereocenters. The van der Waals surface area contributed by atoms with Crippen molar-refractivity contribution < 1.29 is 0 Å². The Kier molecular flexibility index (Phi) is 4.29. The normalized spacial score (nSPS) is 10.6. The van der Waals surface area contributed by atoms with Gasteiger partial charge >= 0.3 is 0 Å². The number of para-hydroxylation sites is 1. The van der Waals surface area contributed by atoms with Gasteiger partial charge in [-0.2, -0.15) is 0 Å². The number of nitrogens with one attached hydrogen (secondary N) is 1. The zero-order chi connectivity index (χ0) is 15.5. The van der Waals surface area contributed by atoms with Crippen LogP contribution in [0.4, 0.5) is 5.69 Å². The fourth-order valence-corrected chi connectivity index (χ4v) is 2.99. The van der Waals surface area contributed by atoms with E-state index in [1.165, 1.54) is 10.9 Å². The van der Waals surface area contributed by atoms with Crippen LogP contribution in [0.3, 0.4) is 0 Å². The second-order valence-electron chi connectivity index (χ2n) is 4.98. The van der Waals surface area contributed by atoms with Crippen LogP contribution in [-0.2, 0) is 13.1 Å². The molecule has 1 aromatic heterocycles. The number of fused-ring (bicyclic) bond motifs is 1. The lowest BCUT2D eigenvalue weighted by atomic mass is 10.2. The topological polar surface area (TPSA) is 17.0 Å². The van der Waals surface area contributed by atoms with Gasteiger partial charge in [-0.3, -0.25) is 0 Å². The molecule has 110 valence electrons. The summed E-state index contributed by atoms with van der Waals surface area (Å²) in [4.78, 5) is 0. The maximum absolute atomic E-state index is 6.19. The van der Waals surface area contributed by atoms with Crippen LogP contribution < -0.4 is 5.32 Å². The maximum atomic E-state index is 6.19. The molecule has 0 atom stereocenters. The number of rotatable bonds is 4. The molecule has 0 radical (unpaired) electrons. The monoisotopic (exact) mass is 328 g/mol. The molecule has 22 heavy (non-hydrogen) atoms. The number of benzene rings is 2. The van der Waals surface area contributed by atoms with Crippen LogP contribution in [0.25, 0.3) is 10.9 Å². The molecule has 1 N–H and O–H groups in total. The Labute approximate surface area is 139 Å². The lowest BCUT2D eigenvalue weighted by molar-refractivity contribution is 0.879. The Morgan fingerprint density at radius 2 is 1.95 bits per heavy atom. The highest BCUT2D eigenvalue weighted by Crippen LogP contribution is 2.27. The number of aromatic nitrogens is 1. The van der Waals surface area contributed by atoms with Crippen LogP contribution in [0.1, 0.15) is 5.56 Å². The summed E-state index contributed by atoms with van der Waals surface area (Å²) in [5.74, 6) is 2.69. The first kappa shape index (κ1) is 14.8. The summed E-state index contributed by atoms with van der Waals surface area (Å²) in [5, 5.41) is 5.78. The fraction of sp³-hybridized carbons (Fsp3) is 0.111. The van der Waals surface area contributed by atoms with Gasteiger partial charge in [0.1, 0.15) is 0 Å². The molecular formula is C18H14Cl2N2. The van der Waals surface area contributed by atoms with Gasteiger partial charge in [0.15, 0.2) is 0 Å². The Morgan fingerprint density at radius 3 is 2.73 bits per heavy atom. The summed E-state index contributed by atoms with van der Waals surface area (Å²) in [6.07, 6.45) is 7.53. The van der Waals surface area contributed by atoms with E-state index in [1.807, 2.05) is 24.3 Å². The Balaban J connectivity index is 1.89. The number of halogens is 2. The van der Waals surface area contributed by atoms with Crippen molar-refractivity contribution in [1.29, 1.82) is 0 Å². The molecule has 0 aliphatic carbocycles. The van der Waals surface area contributed by atoms with Gasteiger partial charge in [-0.05, 0) is 29.8 Å². The predicted octanol–water partition coefficient (Wildman–Crippen LogP) is 5.19. The highest BCUT2D eigenvalue weighted by atomic mass is 35.5. The van der Waals surface area contributed by atoms with E-state index < -0.39 is 0 Å². The summed E-state index contributed by atoms with van der Waals surface area (Å²) in [6.45, 7) is 1.22. The van der Waals surface area contributed by atoms with Gasteiger partial charge in [-0.1, -0.05) is 47.3 Å².